The standard InChI is InChI=1S/C18H16ClF2NO2/c1-11-9-12(2)17(14(19)10-11)22-16(23)8-7-13-5-3-4-6-15(13)24-18(20)21/h3-10,18H,1-2H3,(H,22,23)/b8-7+. The molecule has 0 aromatic heterocycles. The van der Waals surface area contributed by atoms with E-state index in [1.807, 2.05) is 19.9 Å². The van der Waals surface area contributed by atoms with Crippen LogP contribution in [-0.2, 0) is 4.79 Å². The van der Waals surface area contributed by atoms with Gasteiger partial charge in [0, 0.05) is 11.6 Å². The van der Waals surface area contributed by atoms with Crippen LogP contribution in [0.15, 0.2) is 42.5 Å². The smallest absolute Gasteiger partial charge is 0.387 e. The van der Waals surface area contributed by atoms with E-state index in [-0.39, 0.29) is 5.75 Å². The Hall–Kier alpha value is -2.40. The van der Waals surface area contributed by atoms with Crippen LogP contribution in [0.2, 0.25) is 5.02 Å². The number of amides is 1. The third-order valence-electron chi connectivity index (χ3n) is 3.23. The van der Waals surface area contributed by atoms with Gasteiger partial charge < -0.3 is 10.1 Å². The van der Waals surface area contributed by atoms with Crippen molar-refractivity contribution in [3.05, 3.63) is 64.2 Å². The molecular formula is C18H16ClF2NO2. The Labute approximate surface area is 143 Å². The fraction of sp³-hybridized carbons (Fsp3) is 0.167. The lowest BCUT2D eigenvalue weighted by Crippen LogP contribution is -2.10. The summed E-state index contributed by atoms with van der Waals surface area (Å²) in [7, 11) is 0. The molecule has 24 heavy (non-hydrogen) atoms. The van der Waals surface area contributed by atoms with Crippen LogP contribution < -0.4 is 10.1 Å². The fourth-order valence-corrected chi connectivity index (χ4v) is 2.59. The van der Waals surface area contributed by atoms with Gasteiger partial charge in [-0.1, -0.05) is 35.9 Å². The number of carbonyl (C=O) groups is 1. The van der Waals surface area contributed by atoms with Crippen LogP contribution in [0.5, 0.6) is 5.75 Å². The van der Waals surface area contributed by atoms with Gasteiger partial charge in [0.15, 0.2) is 0 Å². The molecule has 3 nitrogen and oxygen atoms in total. The second-order valence-corrected chi connectivity index (χ2v) is 5.58. The Kier molecular flexibility index (Phi) is 5.93. The van der Waals surface area contributed by atoms with Gasteiger partial charge >= 0.3 is 6.61 Å². The molecule has 0 aliphatic carbocycles. The number of aryl methyl sites for hydroxylation is 2. The number of halogens is 3. The number of nitrogens with one attached hydrogen (secondary N) is 1. The van der Waals surface area contributed by atoms with E-state index in [1.165, 1.54) is 18.2 Å². The zero-order valence-corrected chi connectivity index (χ0v) is 13.9. The maximum Gasteiger partial charge on any atom is 0.387 e. The highest BCUT2D eigenvalue weighted by molar-refractivity contribution is 6.34. The molecule has 0 aliphatic heterocycles. The third-order valence-corrected chi connectivity index (χ3v) is 3.53. The summed E-state index contributed by atoms with van der Waals surface area (Å²) in [6, 6.07) is 9.87. The molecule has 0 unspecified atom stereocenters. The molecule has 0 heterocycles. The number of hydrogen-bond donors (Lipinski definition) is 1. The van der Waals surface area contributed by atoms with E-state index in [1.54, 1.807) is 24.3 Å². The van der Waals surface area contributed by atoms with Crippen LogP contribution in [0.25, 0.3) is 6.08 Å². The van der Waals surface area contributed by atoms with E-state index in [4.69, 9.17) is 11.6 Å². The van der Waals surface area contributed by atoms with Gasteiger partial charge in [-0.15, -0.1) is 0 Å². The summed E-state index contributed by atoms with van der Waals surface area (Å²) in [5.41, 5.74) is 2.72. The average molecular weight is 352 g/mol. The number of carbonyl (C=O) groups excluding carboxylic acids is 1. The maximum atomic E-state index is 12.4. The fourth-order valence-electron chi connectivity index (χ4n) is 2.23. The summed E-state index contributed by atoms with van der Waals surface area (Å²) >= 11 is 6.14. The van der Waals surface area contributed by atoms with E-state index in [2.05, 4.69) is 10.1 Å². The van der Waals surface area contributed by atoms with Gasteiger partial charge in [-0.2, -0.15) is 8.78 Å². The summed E-state index contributed by atoms with van der Waals surface area (Å²) < 4.78 is 29.1. The van der Waals surface area contributed by atoms with Crippen LogP contribution in [0.3, 0.4) is 0 Å². The monoisotopic (exact) mass is 351 g/mol. The van der Waals surface area contributed by atoms with E-state index < -0.39 is 12.5 Å². The van der Waals surface area contributed by atoms with Crippen molar-refractivity contribution in [3.63, 3.8) is 0 Å². The number of alkyl halides is 2. The van der Waals surface area contributed by atoms with Gasteiger partial charge in [-0.3, -0.25) is 4.79 Å². The van der Waals surface area contributed by atoms with E-state index in [0.717, 1.165) is 11.1 Å². The highest BCUT2D eigenvalue weighted by Crippen LogP contribution is 2.27. The summed E-state index contributed by atoms with van der Waals surface area (Å²) in [6.07, 6.45) is 2.65. The number of ether oxygens (including phenoxy) is 1. The van der Waals surface area contributed by atoms with Gasteiger partial charge in [0.1, 0.15) is 5.75 Å². The number of para-hydroxylation sites is 1. The predicted molar refractivity (Wildman–Crippen MR) is 91.7 cm³/mol. The van der Waals surface area contributed by atoms with Crippen LogP contribution in [-0.4, -0.2) is 12.5 Å². The van der Waals surface area contributed by atoms with Crippen LogP contribution >= 0.6 is 11.6 Å². The van der Waals surface area contributed by atoms with Crippen molar-refractivity contribution >= 4 is 29.3 Å². The third kappa shape index (κ3) is 4.80. The van der Waals surface area contributed by atoms with Crippen molar-refractivity contribution in [3.8, 4) is 5.75 Å². The Morgan fingerprint density at radius 3 is 2.62 bits per heavy atom. The molecule has 6 heteroatoms. The molecule has 1 N–H and O–H groups in total. The Morgan fingerprint density at radius 1 is 1.25 bits per heavy atom. The Bertz CT molecular complexity index is 752. The van der Waals surface area contributed by atoms with E-state index >= 15 is 0 Å². The van der Waals surface area contributed by atoms with E-state index in [0.29, 0.717) is 16.3 Å². The number of hydrogen-bond acceptors (Lipinski definition) is 2. The molecule has 2 rings (SSSR count). The molecule has 0 saturated heterocycles. The zero-order valence-electron chi connectivity index (χ0n) is 13.1. The zero-order chi connectivity index (χ0) is 17.7. The van der Waals surface area contributed by atoms with Gasteiger partial charge in [-0.25, -0.2) is 0 Å². The molecule has 0 bridgehead atoms. The van der Waals surface area contributed by atoms with Crippen molar-refractivity contribution in [1.82, 2.24) is 0 Å². The quantitative estimate of drug-likeness (QED) is 0.751. The molecule has 0 fully saturated rings. The molecule has 1 amide bonds. The lowest BCUT2D eigenvalue weighted by molar-refractivity contribution is -0.111. The molecule has 2 aromatic carbocycles. The summed E-state index contributed by atoms with van der Waals surface area (Å²) in [4.78, 5) is 12.1. The SMILES string of the molecule is Cc1cc(C)c(NC(=O)/C=C/c2ccccc2OC(F)F)c(Cl)c1. The van der Waals surface area contributed by atoms with Crippen molar-refractivity contribution in [2.24, 2.45) is 0 Å². The molecular weight excluding hydrogens is 336 g/mol. The molecule has 0 saturated carbocycles. The van der Waals surface area contributed by atoms with Gasteiger partial charge in [0.05, 0.1) is 10.7 Å². The summed E-state index contributed by atoms with van der Waals surface area (Å²) in [5.74, 6) is -0.420. The second kappa shape index (κ2) is 7.93. The molecule has 0 aliphatic rings. The number of anilines is 1. The number of benzene rings is 2. The van der Waals surface area contributed by atoms with Crippen LogP contribution in [0.4, 0.5) is 14.5 Å². The number of rotatable bonds is 5. The summed E-state index contributed by atoms with van der Waals surface area (Å²) in [6.45, 7) is 0.816. The van der Waals surface area contributed by atoms with Gasteiger partial charge in [0.2, 0.25) is 5.91 Å². The van der Waals surface area contributed by atoms with Crippen LogP contribution in [0, 0.1) is 13.8 Å². The largest absolute Gasteiger partial charge is 0.434 e. The predicted octanol–water partition coefficient (Wildman–Crippen LogP) is 5.21. The Balaban J connectivity index is 2.15. The van der Waals surface area contributed by atoms with Crippen molar-refractivity contribution in [2.75, 3.05) is 5.32 Å². The minimum Gasteiger partial charge on any atom is -0.434 e. The first-order chi connectivity index (χ1) is 11.4. The molecule has 2 aromatic rings. The first-order valence-electron chi connectivity index (χ1n) is 7.16. The molecule has 0 spiro atoms. The van der Waals surface area contributed by atoms with Crippen molar-refractivity contribution in [1.29, 1.82) is 0 Å². The molecule has 126 valence electrons. The topological polar surface area (TPSA) is 38.3 Å². The average Bonchev–Trinajstić information content (AvgIpc) is 2.49. The first-order valence-corrected chi connectivity index (χ1v) is 7.54. The highest BCUT2D eigenvalue weighted by Gasteiger charge is 2.09. The molecule has 0 atom stereocenters. The lowest BCUT2D eigenvalue weighted by Gasteiger charge is -2.10. The lowest BCUT2D eigenvalue weighted by atomic mass is 10.1. The second-order valence-electron chi connectivity index (χ2n) is 5.18. The minimum atomic E-state index is -2.93. The molecule has 0 radical (unpaired) electrons. The van der Waals surface area contributed by atoms with Gasteiger partial charge in [-0.05, 0) is 43.2 Å². The van der Waals surface area contributed by atoms with Crippen molar-refractivity contribution in [2.45, 2.75) is 20.5 Å². The van der Waals surface area contributed by atoms with Gasteiger partial charge in [0.25, 0.3) is 0 Å². The van der Waals surface area contributed by atoms with Crippen LogP contribution in [0.1, 0.15) is 16.7 Å². The summed E-state index contributed by atoms with van der Waals surface area (Å²) in [5, 5.41) is 3.13. The van der Waals surface area contributed by atoms with E-state index in [9.17, 15) is 13.6 Å². The first kappa shape index (κ1) is 17.9. The normalized spacial score (nSPS) is 11.1. The maximum absolute atomic E-state index is 12.4. The minimum absolute atomic E-state index is 0.00102. The Morgan fingerprint density at radius 2 is 1.96 bits per heavy atom. The highest BCUT2D eigenvalue weighted by atomic mass is 35.5. The van der Waals surface area contributed by atoms with Crippen molar-refractivity contribution < 1.29 is 18.3 Å².